The molecule has 0 atom stereocenters. The fourth-order valence-corrected chi connectivity index (χ4v) is 2.94. The molecule has 1 N–H and O–H groups in total. The summed E-state index contributed by atoms with van der Waals surface area (Å²) in [6.45, 7) is 2.92. The number of ether oxygens (including phenoxy) is 1. The van der Waals surface area contributed by atoms with Crippen LogP contribution in [0.25, 0.3) is 0 Å². The van der Waals surface area contributed by atoms with Crippen LogP contribution in [0.2, 0.25) is 0 Å². The largest absolute Gasteiger partial charge is 0.456 e. The molecule has 100 valence electrons. The van der Waals surface area contributed by atoms with Crippen molar-refractivity contribution in [3.8, 4) is 11.5 Å². The van der Waals surface area contributed by atoms with Crippen molar-refractivity contribution in [1.82, 2.24) is 5.32 Å². The summed E-state index contributed by atoms with van der Waals surface area (Å²) in [4.78, 5) is 0. The summed E-state index contributed by atoms with van der Waals surface area (Å²) in [6, 6.07) is 12.1. The Hall–Kier alpha value is -0.840. The van der Waals surface area contributed by atoms with Gasteiger partial charge in [0.05, 0.1) is 4.47 Å². The van der Waals surface area contributed by atoms with Crippen molar-refractivity contribution >= 4 is 31.9 Å². The Morgan fingerprint density at radius 2 is 1.79 bits per heavy atom. The Kier molecular flexibility index (Phi) is 5.02. The summed E-state index contributed by atoms with van der Waals surface area (Å²) in [5.74, 6) is 1.69. The standard InChI is InChI=1S/C15H15Br2NO/c1-10-7-11(9-18-2)3-5-14(10)19-15-6-4-12(16)8-13(15)17/h3-8,18H,9H2,1-2H3. The van der Waals surface area contributed by atoms with Gasteiger partial charge in [-0.25, -0.2) is 0 Å². The molecule has 19 heavy (non-hydrogen) atoms. The van der Waals surface area contributed by atoms with E-state index in [4.69, 9.17) is 4.74 Å². The van der Waals surface area contributed by atoms with E-state index in [0.29, 0.717) is 0 Å². The van der Waals surface area contributed by atoms with Crippen LogP contribution in [0.4, 0.5) is 0 Å². The maximum Gasteiger partial charge on any atom is 0.141 e. The SMILES string of the molecule is CNCc1ccc(Oc2ccc(Br)cc2Br)c(C)c1. The summed E-state index contributed by atoms with van der Waals surface area (Å²) in [6.07, 6.45) is 0. The number of hydrogen-bond donors (Lipinski definition) is 1. The second-order valence-electron chi connectivity index (χ2n) is 4.31. The lowest BCUT2D eigenvalue weighted by Crippen LogP contribution is -2.05. The lowest BCUT2D eigenvalue weighted by Gasteiger charge is -2.12. The zero-order valence-corrected chi connectivity index (χ0v) is 14.0. The van der Waals surface area contributed by atoms with Gasteiger partial charge < -0.3 is 10.1 Å². The van der Waals surface area contributed by atoms with Crippen LogP contribution in [0, 0.1) is 6.92 Å². The normalized spacial score (nSPS) is 10.5. The molecule has 0 fully saturated rings. The van der Waals surface area contributed by atoms with Crippen molar-refractivity contribution in [3.63, 3.8) is 0 Å². The van der Waals surface area contributed by atoms with Crippen LogP contribution >= 0.6 is 31.9 Å². The molecule has 4 heteroatoms. The molecule has 0 amide bonds. The van der Waals surface area contributed by atoms with Crippen LogP contribution in [-0.2, 0) is 6.54 Å². The number of aryl methyl sites for hydroxylation is 1. The first kappa shape index (κ1) is 14.6. The van der Waals surface area contributed by atoms with Gasteiger partial charge in [0.15, 0.2) is 0 Å². The minimum Gasteiger partial charge on any atom is -0.456 e. The van der Waals surface area contributed by atoms with E-state index in [1.54, 1.807) is 0 Å². The zero-order valence-electron chi connectivity index (χ0n) is 10.8. The third kappa shape index (κ3) is 3.81. The Morgan fingerprint density at radius 1 is 1.05 bits per heavy atom. The van der Waals surface area contributed by atoms with E-state index in [2.05, 4.69) is 56.2 Å². The molecule has 0 bridgehead atoms. The predicted octanol–water partition coefficient (Wildman–Crippen LogP) is 5.03. The second-order valence-corrected chi connectivity index (χ2v) is 6.08. The van der Waals surface area contributed by atoms with E-state index in [0.717, 1.165) is 32.6 Å². The third-order valence-corrected chi connectivity index (χ3v) is 3.85. The third-order valence-electron chi connectivity index (χ3n) is 2.73. The minimum absolute atomic E-state index is 0.813. The molecular formula is C15H15Br2NO. The van der Waals surface area contributed by atoms with Crippen molar-refractivity contribution in [3.05, 3.63) is 56.5 Å². The smallest absolute Gasteiger partial charge is 0.141 e. The molecule has 0 aliphatic carbocycles. The van der Waals surface area contributed by atoms with E-state index in [9.17, 15) is 0 Å². The van der Waals surface area contributed by atoms with Gasteiger partial charge in [-0.05, 0) is 65.3 Å². The summed E-state index contributed by atoms with van der Waals surface area (Å²) < 4.78 is 7.89. The van der Waals surface area contributed by atoms with Gasteiger partial charge in [-0.2, -0.15) is 0 Å². The van der Waals surface area contributed by atoms with E-state index >= 15 is 0 Å². The van der Waals surface area contributed by atoms with Crippen LogP contribution in [0.1, 0.15) is 11.1 Å². The van der Waals surface area contributed by atoms with E-state index in [-0.39, 0.29) is 0 Å². The maximum absolute atomic E-state index is 5.94. The van der Waals surface area contributed by atoms with Crippen LogP contribution in [-0.4, -0.2) is 7.05 Å². The van der Waals surface area contributed by atoms with Gasteiger partial charge in [-0.1, -0.05) is 28.1 Å². The van der Waals surface area contributed by atoms with E-state index in [1.165, 1.54) is 5.56 Å². The first-order valence-electron chi connectivity index (χ1n) is 5.97. The van der Waals surface area contributed by atoms with Crippen molar-refractivity contribution < 1.29 is 4.74 Å². The Balaban J connectivity index is 2.23. The van der Waals surface area contributed by atoms with Crippen molar-refractivity contribution in [2.75, 3.05) is 7.05 Å². The molecule has 0 heterocycles. The van der Waals surface area contributed by atoms with Gasteiger partial charge in [-0.15, -0.1) is 0 Å². The molecule has 0 unspecified atom stereocenters. The van der Waals surface area contributed by atoms with Gasteiger partial charge in [0.1, 0.15) is 11.5 Å². The predicted molar refractivity (Wildman–Crippen MR) is 85.9 cm³/mol. The van der Waals surface area contributed by atoms with Gasteiger partial charge in [0.25, 0.3) is 0 Å². The first-order valence-corrected chi connectivity index (χ1v) is 7.56. The minimum atomic E-state index is 0.813. The number of rotatable bonds is 4. The average Bonchev–Trinajstić information content (AvgIpc) is 2.36. The molecule has 0 aliphatic heterocycles. The first-order chi connectivity index (χ1) is 9.10. The molecule has 0 spiro atoms. The van der Waals surface area contributed by atoms with Crippen LogP contribution in [0.5, 0.6) is 11.5 Å². The lowest BCUT2D eigenvalue weighted by molar-refractivity contribution is 0.475. The molecule has 0 aliphatic rings. The van der Waals surface area contributed by atoms with Gasteiger partial charge in [0, 0.05) is 11.0 Å². The Bertz CT molecular complexity index is 584. The molecule has 2 aromatic rings. The molecule has 2 rings (SSSR count). The molecule has 0 aromatic heterocycles. The average molecular weight is 385 g/mol. The molecule has 2 nitrogen and oxygen atoms in total. The number of benzene rings is 2. The Morgan fingerprint density at radius 3 is 2.42 bits per heavy atom. The topological polar surface area (TPSA) is 21.3 Å². The molecule has 2 aromatic carbocycles. The number of hydrogen-bond acceptors (Lipinski definition) is 2. The molecule has 0 saturated carbocycles. The van der Waals surface area contributed by atoms with E-state index < -0.39 is 0 Å². The van der Waals surface area contributed by atoms with Gasteiger partial charge in [-0.3, -0.25) is 0 Å². The summed E-state index contributed by atoms with van der Waals surface area (Å²) in [5.41, 5.74) is 2.38. The molecule has 0 radical (unpaired) electrons. The van der Waals surface area contributed by atoms with Gasteiger partial charge >= 0.3 is 0 Å². The highest BCUT2D eigenvalue weighted by Gasteiger charge is 2.06. The molecule has 0 saturated heterocycles. The highest BCUT2D eigenvalue weighted by Crippen LogP contribution is 2.33. The monoisotopic (exact) mass is 383 g/mol. The van der Waals surface area contributed by atoms with Crippen molar-refractivity contribution in [2.45, 2.75) is 13.5 Å². The second kappa shape index (κ2) is 6.55. The molecular weight excluding hydrogens is 370 g/mol. The van der Waals surface area contributed by atoms with Crippen molar-refractivity contribution in [1.29, 1.82) is 0 Å². The lowest BCUT2D eigenvalue weighted by atomic mass is 10.1. The van der Waals surface area contributed by atoms with Crippen LogP contribution in [0.15, 0.2) is 45.3 Å². The fourth-order valence-electron chi connectivity index (χ4n) is 1.82. The summed E-state index contributed by atoms with van der Waals surface area (Å²) >= 11 is 6.93. The maximum atomic E-state index is 5.94. The van der Waals surface area contributed by atoms with Crippen LogP contribution in [0.3, 0.4) is 0 Å². The van der Waals surface area contributed by atoms with E-state index in [1.807, 2.05) is 31.3 Å². The quantitative estimate of drug-likeness (QED) is 0.797. The van der Waals surface area contributed by atoms with Gasteiger partial charge in [0.2, 0.25) is 0 Å². The van der Waals surface area contributed by atoms with Crippen molar-refractivity contribution in [2.24, 2.45) is 0 Å². The Labute approximate surface area is 130 Å². The number of halogens is 2. The fraction of sp³-hybridized carbons (Fsp3) is 0.200. The summed E-state index contributed by atoms with van der Waals surface area (Å²) in [5, 5.41) is 3.14. The van der Waals surface area contributed by atoms with Crippen LogP contribution < -0.4 is 10.1 Å². The summed E-state index contributed by atoms with van der Waals surface area (Å²) in [7, 11) is 1.94. The highest BCUT2D eigenvalue weighted by atomic mass is 79.9. The zero-order chi connectivity index (χ0) is 13.8. The highest BCUT2D eigenvalue weighted by molar-refractivity contribution is 9.11. The number of nitrogens with one attached hydrogen (secondary N) is 1.